The fourth-order valence-corrected chi connectivity index (χ4v) is 1.63. The zero-order valence-corrected chi connectivity index (χ0v) is 11.6. The van der Waals surface area contributed by atoms with Crippen molar-refractivity contribution in [1.82, 2.24) is 5.32 Å². The molecular formula is C15H21NO3. The minimum atomic E-state index is -0.927. The van der Waals surface area contributed by atoms with Crippen molar-refractivity contribution in [3.63, 3.8) is 0 Å². The number of hydrogen-bond acceptors (Lipinski definition) is 2. The van der Waals surface area contributed by atoms with Gasteiger partial charge in [0.2, 0.25) is 5.91 Å². The van der Waals surface area contributed by atoms with E-state index in [1.807, 2.05) is 51.1 Å². The number of nitrogens with one attached hydrogen (secondary N) is 1. The van der Waals surface area contributed by atoms with E-state index in [4.69, 9.17) is 5.11 Å². The number of hydrogen-bond donors (Lipinski definition) is 2. The third kappa shape index (κ3) is 4.39. The van der Waals surface area contributed by atoms with Crippen LogP contribution in [0.15, 0.2) is 30.3 Å². The van der Waals surface area contributed by atoms with Gasteiger partial charge in [0.15, 0.2) is 0 Å². The molecule has 0 aliphatic heterocycles. The molecule has 2 N–H and O–H groups in total. The Bertz CT molecular complexity index is 440. The lowest BCUT2D eigenvalue weighted by Gasteiger charge is -2.26. The highest BCUT2D eigenvalue weighted by molar-refractivity contribution is 5.82. The summed E-state index contributed by atoms with van der Waals surface area (Å²) in [6.45, 7) is 5.64. The maximum absolute atomic E-state index is 12.2. The van der Waals surface area contributed by atoms with Gasteiger partial charge in [0, 0.05) is 5.41 Å². The Hall–Kier alpha value is -1.84. The van der Waals surface area contributed by atoms with Gasteiger partial charge < -0.3 is 10.4 Å². The maximum Gasteiger partial charge on any atom is 0.305 e. The van der Waals surface area contributed by atoms with Crippen LogP contribution in [0.3, 0.4) is 0 Å². The summed E-state index contributed by atoms with van der Waals surface area (Å²) in [5, 5.41) is 11.8. The number of carbonyl (C=O) groups is 2. The summed E-state index contributed by atoms with van der Waals surface area (Å²) in [5.74, 6) is -1.05. The first-order valence-corrected chi connectivity index (χ1v) is 6.44. The molecule has 0 aromatic heterocycles. The SMILES string of the molecule is CCC(C)(C)C(=O)NC(CC(=O)O)c1ccccc1. The molecule has 1 aromatic rings. The van der Waals surface area contributed by atoms with Crippen LogP contribution < -0.4 is 5.32 Å². The van der Waals surface area contributed by atoms with Crippen molar-refractivity contribution in [2.45, 2.75) is 39.7 Å². The molecule has 19 heavy (non-hydrogen) atoms. The summed E-state index contributed by atoms with van der Waals surface area (Å²) >= 11 is 0. The van der Waals surface area contributed by atoms with E-state index in [0.717, 1.165) is 5.56 Å². The molecular weight excluding hydrogens is 242 g/mol. The van der Waals surface area contributed by atoms with Crippen LogP contribution in [0.25, 0.3) is 0 Å². The Morgan fingerprint density at radius 2 is 1.84 bits per heavy atom. The minimum absolute atomic E-state index is 0.116. The Morgan fingerprint density at radius 1 is 1.26 bits per heavy atom. The molecule has 0 bridgehead atoms. The van der Waals surface area contributed by atoms with E-state index in [-0.39, 0.29) is 12.3 Å². The second-order valence-electron chi connectivity index (χ2n) is 5.27. The van der Waals surface area contributed by atoms with Crippen molar-refractivity contribution >= 4 is 11.9 Å². The zero-order chi connectivity index (χ0) is 14.5. The second kappa shape index (κ2) is 6.36. The third-order valence-corrected chi connectivity index (χ3v) is 3.38. The predicted octanol–water partition coefficient (Wildman–Crippen LogP) is 2.75. The molecule has 1 atom stereocenters. The largest absolute Gasteiger partial charge is 0.481 e. The van der Waals surface area contributed by atoms with Crippen molar-refractivity contribution in [3.8, 4) is 0 Å². The molecule has 0 aliphatic rings. The number of benzene rings is 1. The van der Waals surface area contributed by atoms with Crippen LogP contribution >= 0.6 is 0 Å². The predicted molar refractivity (Wildman–Crippen MR) is 73.7 cm³/mol. The fourth-order valence-electron chi connectivity index (χ4n) is 1.63. The van der Waals surface area contributed by atoms with E-state index in [1.54, 1.807) is 0 Å². The average molecular weight is 263 g/mol. The highest BCUT2D eigenvalue weighted by atomic mass is 16.4. The van der Waals surface area contributed by atoms with E-state index in [2.05, 4.69) is 5.32 Å². The Morgan fingerprint density at radius 3 is 2.32 bits per heavy atom. The molecule has 1 unspecified atom stereocenters. The van der Waals surface area contributed by atoms with Crippen LogP contribution in [0.2, 0.25) is 0 Å². The number of rotatable bonds is 6. The lowest BCUT2D eigenvalue weighted by molar-refractivity contribution is -0.138. The van der Waals surface area contributed by atoms with Gasteiger partial charge in [0.05, 0.1) is 12.5 Å². The van der Waals surface area contributed by atoms with Gasteiger partial charge in [-0.3, -0.25) is 9.59 Å². The highest BCUT2D eigenvalue weighted by Crippen LogP contribution is 2.23. The third-order valence-electron chi connectivity index (χ3n) is 3.38. The molecule has 1 aromatic carbocycles. The number of carbonyl (C=O) groups excluding carboxylic acids is 1. The summed E-state index contributed by atoms with van der Waals surface area (Å²) in [6.07, 6.45) is 0.586. The summed E-state index contributed by atoms with van der Waals surface area (Å²) in [4.78, 5) is 23.1. The van der Waals surface area contributed by atoms with Crippen molar-refractivity contribution in [1.29, 1.82) is 0 Å². The molecule has 0 heterocycles. The molecule has 0 saturated heterocycles. The van der Waals surface area contributed by atoms with Crippen LogP contribution in [0.5, 0.6) is 0 Å². The van der Waals surface area contributed by atoms with Gasteiger partial charge in [-0.25, -0.2) is 0 Å². The summed E-state index contributed by atoms with van der Waals surface area (Å²) in [6, 6.07) is 8.69. The molecule has 0 aliphatic carbocycles. The molecule has 0 saturated carbocycles. The van der Waals surface area contributed by atoms with Crippen LogP contribution in [0.1, 0.15) is 45.2 Å². The van der Waals surface area contributed by atoms with Crippen LogP contribution in [-0.4, -0.2) is 17.0 Å². The van der Waals surface area contributed by atoms with Gasteiger partial charge in [0.25, 0.3) is 0 Å². The summed E-state index contributed by atoms with van der Waals surface area (Å²) in [5.41, 5.74) is 0.316. The smallest absolute Gasteiger partial charge is 0.305 e. The quantitative estimate of drug-likeness (QED) is 0.829. The van der Waals surface area contributed by atoms with E-state index in [9.17, 15) is 9.59 Å². The number of carboxylic acids is 1. The average Bonchev–Trinajstić information content (AvgIpc) is 2.38. The van der Waals surface area contributed by atoms with Crippen LogP contribution in [0, 0.1) is 5.41 Å². The van der Waals surface area contributed by atoms with E-state index in [0.29, 0.717) is 6.42 Å². The van der Waals surface area contributed by atoms with E-state index in [1.165, 1.54) is 0 Å². The van der Waals surface area contributed by atoms with E-state index >= 15 is 0 Å². The number of amides is 1. The van der Waals surface area contributed by atoms with Gasteiger partial charge in [-0.15, -0.1) is 0 Å². The monoisotopic (exact) mass is 263 g/mol. The molecule has 0 fully saturated rings. The first-order valence-electron chi connectivity index (χ1n) is 6.44. The topological polar surface area (TPSA) is 66.4 Å². The highest BCUT2D eigenvalue weighted by Gasteiger charge is 2.28. The van der Waals surface area contributed by atoms with Crippen molar-refractivity contribution < 1.29 is 14.7 Å². The maximum atomic E-state index is 12.2. The lowest BCUT2D eigenvalue weighted by atomic mass is 9.88. The van der Waals surface area contributed by atoms with Crippen molar-refractivity contribution in [2.24, 2.45) is 5.41 Å². The molecule has 104 valence electrons. The van der Waals surface area contributed by atoms with Crippen molar-refractivity contribution in [3.05, 3.63) is 35.9 Å². The molecule has 4 nitrogen and oxygen atoms in total. The van der Waals surface area contributed by atoms with Gasteiger partial charge in [-0.2, -0.15) is 0 Å². The number of aliphatic carboxylic acids is 1. The van der Waals surface area contributed by atoms with Crippen LogP contribution in [0.4, 0.5) is 0 Å². The van der Waals surface area contributed by atoms with Gasteiger partial charge in [0.1, 0.15) is 0 Å². The lowest BCUT2D eigenvalue weighted by Crippen LogP contribution is -2.39. The van der Waals surface area contributed by atoms with E-state index < -0.39 is 17.4 Å². The zero-order valence-electron chi connectivity index (χ0n) is 11.6. The van der Waals surface area contributed by atoms with Crippen molar-refractivity contribution in [2.75, 3.05) is 0 Å². The molecule has 0 radical (unpaired) electrons. The van der Waals surface area contributed by atoms with Gasteiger partial charge in [-0.1, -0.05) is 51.1 Å². The normalized spacial score (nSPS) is 12.8. The van der Waals surface area contributed by atoms with Gasteiger partial charge in [-0.05, 0) is 12.0 Å². The van der Waals surface area contributed by atoms with Gasteiger partial charge >= 0.3 is 5.97 Å². The summed E-state index contributed by atoms with van der Waals surface area (Å²) in [7, 11) is 0. The number of carboxylic acid groups (broad SMARTS) is 1. The molecule has 1 rings (SSSR count). The molecule has 1 amide bonds. The molecule has 0 spiro atoms. The first-order chi connectivity index (χ1) is 8.86. The summed E-state index contributed by atoms with van der Waals surface area (Å²) < 4.78 is 0. The Balaban J connectivity index is 2.88. The minimum Gasteiger partial charge on any atom is -0.481 e. The second-order valence-corrected chi connectivity index (χ2v) is 5.27. The van der Waals surface area contributed by atoms with Crippen LogP contribution in [-0.2, 0) is 9.59 Å². The fraction of sp³-hybridized carbons (Fsp3) is 0.467. The molecule has 4 heteroatoms. The Labute approximate surface area is 113 Å². The first kappa shape index (κ1) is 15.2. The Kier molecular flexibility index (Phi) is 5.10. The standard InChI is InChI=1S/C15H21NO3/c1-4-15(2,3)14(19)16-12(10-13(17)18)11-8-6-5-7-9-11/h5-9,12H,4,10H2,1-3H3,(H,16,19)(H,17,18).